The lowest BCUT2D eigenvalue weighted by molar-refractivity contribution is 1.08. The molecule has 0 aliphatic rings. The average Bonchev–Trinajstić information content (AvgIpc) is 3.26. The quantitative estimate of drug-likeness (QED) is 0.452. The minimum atomic E-state index is 0.931. The molecule has 1 radical (unpaired) electrons. The molecule has 2 heterocycles. The third-order valence-electron chi connectivity index (χ3n) is 4.06. The van der Waals surface area contributed by atoms with E-state index < -0.39 is 0 Å². The smallest absolute Gasteiger partial charge is 0.182 e. The van der Waals surface area contributed by atoms with E-state index in [-0.39, 0.29) is 0 Å². The van der Waals surface area contributed by atoms with Crippen LogP contribution >= 0.6 is 11.3 Å². The van der Waals surface area contributed by atoms with Gasteiger partial charge in [0.25, 0.3) is 0 Å². The van der Waals surface area contributed by atoms with Crippen LogP contribution in [-0.4, -0.2) is 14.5 Å². The Balaban J connectivity index is 1.74. The second-order valence-corrected chi connectivity index (χ2v) is 6.57. The third-order valence-corrected chi connectivity index (χ3v) is 5.13. The summed E-state index contributed by atoms with van der Waals surface area (Å²) < 4.78 is 3.18. The Labute approximate surface area is 142 Å². The highest BCUT2D eigenvalue weighted by Crippen LogP contribution is 2.34. The molecule has 0 spiro atoms. The highest BCUT2D eigenvalue weighted by Gasteiger charge is 2.13. The highest BCUT2D eigenvalue weighted by atomic mass is 32.1. The van der Waals surface area contributed by atoms with Crippen LogP contribution in [0.1, 0.15) is 0 Å². The second-order valence-electron chi connectivity index (χ2n) is 5.54. The van der Waals surface area contributed by atoms with Gasteiger partial charge in [-0.15, -0.1) is 11.3 Å². The van der Waals surface area contributed by atoms with Crippen molar-refractivity contribution in [2.45, 2.75) is 0 Å². The number of hydrogen-bond acceptors (Lipinski definition) is 3. The van der Waals surface area contributed by atoms with Gasteiger partial charge in [0.2, 0.25) is 0 Å². The van der Waals surface area contributed by atoms with Crippen LogP contribution in [-0.2, 0) is 0 Å². The van der Waals surface area contributed by atoms with Crippen LogP contribution in [0.2, 0.25) is 0 Å². The number of fused-ring (bicyclic) bond motifs is 2. The van der Waals surface area contributed by atoms with Gasteiger partial charge in [-0.1, -0.05) is 36.4 Å². The summed E-state index contributed by atoms with van der Waals surface area (Å²) in [6.07, 6.45) is 3.12. The molecule has 113 valence electrons. The van der Waals surface area contributed by atoms with Crippen molar-refractivity contribution in [1.29, 1.82) is 0 Å². The number of aromatic nitrogens is 3. The number of imidazole rings is 1. The summed E-state index contributed by atoms with van der Waals surface area (Å²) in [5.41, 5.74) is 5.11. The Bertz CT molecular complexity index is 1120. The molecule has 0 N–H and O–H groups in total. The number of para-hydroxylation sites is 3. The van der Waals surface area contributed by atoms with Crippen LogP contribution in [0.15, 0.2) is 72.8 Å². The normalized spacial score (nSPS) is 11.3. The predicted molar refractivity (Wildman–Crippen MR) is 98.5 cm³/mol. The number of thiazole rings is 1. The van der Waals surface area contributed by atoms with Gasteiger partial charge in [-0.05, 0) is 36.4 Å². The van der Waals surface area contributed by atoms with E-state index >= 15 is 0 Å². The summed E-state index contributed by atoms with van der Waals surface area (Å²) >= 11 is 1.70. The van der Waals surface area contributed by atoms with E-state index in [1.54, 1.807) is 11.3 Å². The minimum Gasteiger partial charge on any atom is -0.290 e. The van der Waals surface area contributed by atoms with Crippen molar-refractivity contribution in [3.8, 4) is 16.3 Å². The maximum absolute atomic E-state index is 4.77. The van der Waals surface area contributed by atoms with Crippen LogP contribution in [0.3, 0.4) is 0 Å². The molecule has 0 unspecified atom stereocenters. The van der Waals surface area contributed by atoms with Crippen LogP contribution in [0.4, 0.5) is 0 Å². The van der Waals surface area contributed by atoms with Crippen LogP contribution in [0.25, 0.3) is 37.5 Å². The fourth-order valence-electron chi connectivity index (χ4n) is 2.92. The van der Waals surface area contributed by atoms with Gasteiger partial charge in [-0.2, -0.15) is 0 Å². The van der Waals surface area contributed by atoms with Gasteiger partial charge in [-0.3, -0.25) is 4.57 Å². The third kappa shape index (κ3) is 2.04. The molecule has 0 saturated carbocycles. The van der Waals surface area contributed by atoms with Gasteiger partial charge in [0.05, 0.1) is 21.3 Å². The van der Waals surface area contributed by atoms with E-state index in [2.05, 4.69) is 47.7 Å². The van der Waals surface area contributed by atoms with Gasteiger partial charge in [-0.25, -0.2) is 9.97 Å². The van der Waals surface area contributed by atoms with E-state index in [0.717, 1.165) is 32.8 Å². The number of hydrogen-bond donors (Lipinski definition) is 0. The van der Waals surface area contributed by atoms with Crippen molar-refractivity contribution >= 4 is 32.6 Å². The summed E-state index contributed by atoms with van der Waals surface area (Å²) in [5, 5.41) is 0.994. The zero-order valence-electron chi connectivity index (χ0n) is 12.7. The van der Waals surface area contributed by atoms with Gasteiger partial charge < -0.3 is 0 Å². The zero-order chi connectivity index (χ0) is 15.9. The van der Waals surface area contributed by atoms with Gasteiger partial charge in [0, 0.05) is 11.3 Å². The van der Waals surface area contributed by atoms with Crippen molar-refractivity contribution in [3.63, 3.8) is 0 Å². The predicted octanol–water partition coefficient (Wildman–Crippen LogP) is 5.10. The van der Waals surface area contributed by atoms with Crippen LogP contribution in [0, 0.1) is 6.33 Å². The molecule has 0 bridgehead atoms. The lowest BCUT2D eigenvalue weighted by Gasteiger charge is -2.04. The highest BCUT2D eigenvalue weighted by molar-refractivity contribution is 7.21. The number of benzene rings is 3. The van der Waals surface area contributed by atoms with E-state index in [9.17, 15) is 0 Å². The summed E-state index contributed by atoms with van der Waals surface area (Å²) in [4.78, 5) is 9.32. The Morgan fingerprint density at radius 1 is 0.833 bits per heavy atom. The Morgan fingerprint density at radius 2 is 1.67 bits per heavy atom. The molecule has 0 saturated heterocycles. The minimum absolute atomic E-state index is 0.931. The molecule has 0 aliphatic carbocycles. The first-order valence-electron chi connectivity index (χ1n) is 7.71. The van der Waals surface area contributed by atoms with Crippen LogP contribution < -0.4 is 0 Å². The summed E-state index contributed by atoms with van der Waals surface area (Å²) in [6, 6.07) is 24.6. The molecule has 0 amide bonds. The first-order valence-corrected chi connectivity index (χ1v) is 8.52. The fraction of sp³-hybridized carbons (Fsp3) is 0. The Morgan fingerprint density at radius 3 is 2.54 bits per heavy atom. The van der Waals surface area contributed by atoms with Crippen molar-refractivity contribution in [2.75, 3.05) is 0 Å². The van der Waals surface area contributed by atoms with E-state index in [4.69, 9.17) is 4.98 Å². The molecule has 24 heavy (non-hydrogen) atoms. The molecular formula is C20H12N3S. The summed E-state index contributed by atoms with van der Waals surface area (Å²) in [6.45, 7) is 0. The number of rotatable bonds is 2. The van der Waals surface area contributed by atoms with Gasteiger partial charge in [0.1, 0.15) is 5.01 Å². The van der Waals surface area contributed by atoms with Crippen molar-refractivity contribution < 1.29 is 0 Å². The Hall–Kier alpha value is -2.98. The Kier molecular flexibility index (Phi) is 2.96. The maximum Gasteiger partial charge on any atom is 0.182 e. The largest absolute Gasteiger partial charge is 0.290 e. The topological polar surface area (TPSA) is 30.7 Å². The van der Waals surface area contributed by atoms with E-state index in [1.165, 1.54) is 4.70 Å². The molecule has 4 heteroatoms. The van der Waals surface area contributed by atoms with Crippen molar-refractivity contribution in [3.05, 3.63) is 79.1 Å². The standard InChI is InChI=1S/C20H12N3S/c1-2-7-14(8-3-1)23-13-21-19-15(9-6-11-17(19)23)20-22-16-10-4-5-12-18(16)24-20/h1-12H. The van der Waals surface area contributed by atoms with Crippen LogP contribution in [0.5, 0.6) is 0 Å². The molecule has 0 atom stereocenters. The van der Waals surface area contributed by atoms with Gasteiger partial charge in [0.15, 0.2) is 6.33 Å². The molecule has 0 fully saturated rings. The van der Waals surface area contributed by atoms with Gasteiger partial charge >= 0.3 is 0 Å². The second kappa shape index (κ2) is 5.28. The number of nitrogens with zero attached hydrogens (tertiary/aromatic N) is 3. The average molecular weight is 326 g/mol. The van der Waals surface area contributed by atoms with Crippen molar-refractivity contribution in [2.24, 2.45) is 0 Å². The fourth-order valence-corrected chi connectivity index (χ4v) is 3.91. The molecule has 2 aromatic heterocycles. The van der Waals surface area contributed by atoms with E-state index in [1.807, 2.05) is 41.0 Å². The summed E-state index contributed by atoms with van der Waals surface area (Å²) in [7, 11) is 0. The molecule has 5 rings (SSSR count). The van der Waals surface area contributed by atoms with Crippen molar-refractivity contribution in [1.82, 2.24) is 14.5 Å². The lowest BCUT2D eigenvalue weighted by atomic mass is 10.2. The molecule has 0 aliphatic heterocycles. The zero-order valence-corrected chi connectivity index (χ0v) is 13.5. The lowest BCUT2D eigenvalue weighted by Crippen LogP contribution is -1.91. The maximum atomic E-state index is 4.77. The molecule has 3 aromatic carbocycles. The summed E-state index contributed by atoms with van der Waals surface area (Å²) in [5.74, 6) is 0. The van der Waals surface area contributed by atoms with E-state index in [0.29, 0.717) is 0 Å². The molecular weight excluding hydrogens is 314 g/mol. The monoisotopic (exact) mass is 326 g/mol. The first-order chi connectivity index (χ1) is 11.9. The SMILES string of the molecule is [c]1nc2c(-c3nc4ccccc4s3)cccc2n1-c1ccccc1. The first kappa shape index (κ1) is 13.5. The molecule has 5 aromatic rings. The molecule has 3 nitrogen and oxygen atoms in total.